The molecule has 0 aromatic heterocycles. The molecule has 2 aromatic rings. The molecule has 1 nitrogen and oxygen atoms in total. The molecular weight excluding hydrogens is 350 g/mol. The summed E-state index contributed by atoms with van der Waals surface area (Å²) in [7, 11) is 1.54. The molecule has 1 atom stereocenters. The van der Waals surface area contributed by atoms with Crippen LogP contribution in [0.5, 0.6) is 0 Å². The van der Waals surface area contributed by atoms with Crippen molar-refractivity contribution in [3.05, 3.63) is 69.4 Å². The highest BCUT2D eigenvalue weighted by Crippen LogP contribution is 2.36. The Kier molecular flexibility index (Phi) is 4.68. The fourth-order valence-electron chi connectivity index (χ4n) is 2.20. The summed E-state index contributed by atoms with van der Waals surface area (Å²) in [5, 5.41) is 2.81. The van der Waals surface area contributed by atoms with E-state index in [-0.39, 0.29) is 10.0 Å². The predicted octanol–water partition coefficient (Wildman–Crippen LogP) is 4.92. The fourth-order valence-corrected chi connectivity index (χ4v) is 2.45. The van der Waals surface area contributed by atoms with Crippen LogP contribution in [0, 0.1) is 5.82 Å². The summed E-state index contributed by atoms with van der Waals surface area (Å²) >= 11 is 3.03. The Labute approximate surface area is 128 Å². The molecule has 1 N–H and O–H groups in total. The van der Waals surface area contributed by atoms with Crippen molar-refractivity contribution in [2.24, 2.45) is 0 Å². The summed E-state index contributed by atoms with van der Waals surface area (Å²) in [5.74, 6) is -0.516. The first-order chi connectivity index (χ1) is 9.84. The van der Waals surface area contributed by atoms with Crippen LogP contribution in [0.25, 0.3) is 0 Å². The van der Waals surface area contributed by atoms with E-state index >= 15 is 0 Å². The Balaban J connectivity index is 2.54. The lowest BCUT2D eigenvalue weighted by Crippen LogP contribution is -2.22. The van der Waals surface area contributed by atoms with E-state index < -0.39 is 23.6 Å². The number of halogens is 5. The van der Waals surface area contributed by atoms with Gasteiger partial charge in [-0.2, -0.15) is 13.2 Å². The van der Waals surface area contributed by atoms with Gasteiger partial charge in [-0.3, -0.25) is 0 Å². The number of benzene rings is 2. The van der Waals surface area contributed by atoms with Gasteiger partial charge in [0.2, 0.25) is 0 Å². The van der Waals surface area contributed by atoms with Crippen molar-refractivity contribution in [2.45, 2.75) is 12.2 Å². The molecule has 112 valence electrons. The topological polar surface area (TPSA) is 12.0 Å². The first-order valence-electron chi connectivity index (χ1n) is 6.13. The zero-order valence-corrected chi connectivity index (χ0v) is 12.6. The number of alkyl halides is 3. The first kappa shape index (κ1) is 16.0. The maximum atomic E-state index is 13.6. The lowest BCUT2D eigenvalue weighted by Gasteiger charge is -2.22. The molecule has 0 spiro atoms. The largest absolute Gasteiger partial charge is 0.416 e. The van der Waals surface area contributed by atoms with Gasteiger partial charge in [0.05, 0.1) is 16.1 Å². The number of hydrogen-bond donors (Lipinski definition) is 1. The fraction of sp³-hybridized carbons (Fsp3) is 0.200. The molecule has 6 heteroatoms. The molecule has 0 bridgehead atoms. The lowest BCUT2D eigenvalue weighted by atomic mass is 9.94. The van der Waals surface area contributed by atoms with Crippen LogP contribution < -0.4 is 5.32 Å². The molecule has 2 rings (SSSR count). The zero-order chi connectivity index (χ0) is 15.6. The van der Waals surface area contributed by atoms with Crippen molar-refractivity contribution < 1.29 is 17.6 Å². The Bertz CT molecular complexity index is 640. The highest BCUT2D eigenvalue weighted by molar-refractivity contribution is 9.10. The van der Waals surface area contributed by atoms with E-state index in [9.17, 15) is 17.6 Å². The van der Waals surface area contributed by atoms with Crippen LogP contribution in [-0.4, -0.2) is 7.05 Å². The smallest absolute Gasteiger partial charge is 0.309 e. The van der Waals surface area contributed by atoms with Gasteiger partial charge in [0.15, 0.2) is 0 Å². The van der Waals surface area contributed by atoms with Crippen molar-refractivity contribution in [1.29, 1.82) is 0 Å². The van der Waals surface area contributed by atoms with Crippen LogP contribution in [-0.2, 0) is 6.18 Å². The molecule has 0 heterocycles. The van der Waals surface area contributed by atoms with Crippen LogP contribution in [0.4, 0.5) is 17.6 Å². The highest BCUT2D eigenvalue weighted by Gasteiger charge is 2.35. The van der Waals surface area contributed by atoms with Crippen molar-refractivity contribution in [3.63, 3.8) is 0 Å². The second-order valence-electron chi connectivity index (χ2n) is 4.48. The van der Waals surface area contributed by atoms with Crippen molar-refractivity contribution >= 4 is 15.9 Å². The van der Waals surface area contributed by atoms with Crippen LogP contribution in [0.15, 0.2) is 46.9 Å². The standard InChI is InChI=1S/C15H12BrF4N/c1-21-14(9-6-7-12(16)13(17)8-9)10-4-2-3-5-11(10)15(18,19)20/h2-8,14,21H,1H3. The average Bonchev–Trinajstić information content (AvgIpc) is 2.43. The number of nitrogens with one attached hydrogen (secondary N) is 1. The second kappa shape index (κ2) is 6.15. The molecule has 1 unspecified atom stereocenters. The van der Waals surface area contributed by atoms with Gasteiger partial charge in [0.1, 0.15) is 5.82 Å². The van der Waals surface area contributed by atoms with Gasteiger partial charge in [0.25, 0.3) is 0 Å². The van der Waals surface area contributed by atoms with Gasteiger partial charge in [-0.1, -0.05) is 24.3 Å². The van der Waals surface area contributed by atoms with E-state index in [4.69, 9.17) is 0 Å². The minimum atomic E-state index is -4.46. The van der Waals surface area contributed by atoms with Crippen LogP contribution in [0.3, 0.4) is 0 Å². The van der Waals surface area contributed by atoms with Crippen molar-refractivity contribution in [2.75, 3.05) is 7.05 Å². The van der Waals surface area contributed by atoms with Crippen LogP contribution in [0.2, 0.25) is 0 Å². The summed E-state index contributed by atoms with van der Waals surface area (Å²) < 4.78 is 53.2. The SMILES string of the molecule is CNC(c1ccc(Br)c(F)c1)c1ccccc1C(F)(F)F. The Morgan fingerprint density at radius 2 is 1.76 bits per heavy atom. The normalized spacial score (nSPS) is 13.2. The van der Waals surface area contributed by atoms with E-state index in [0.717, 1.165) is 6.07 Å². The van der Waals surface area contributed by atoms with Gasteiger partial charge < -0.3 is 5.32 Å². The summed E-state index contributed by atoms with van der Waals surface area (Å²) in [6, 6.07) is 8.82. The maximum Gasteiger partial charge on any atom is 0.416 e. The summed E-state index contributed by atoms with van der Waals surface area (Å²) in [6.45, 7) is 0. The summed E-state index contributed by atoms with van der Waals surface area (Å²) in [4.78, 5) is 0. The second-order valence-corrected chi connectivity index (χ2v) is 5.33. The molecule has 2 aromatic carbocycles. The van der Waals surface area contributed by atoms with Gasteiger partial charge in [0, 0.05) is 0 Å². The molecule has 0 radical (unpaired) electrons. The van der Waals surface area contributed by atoms with E-state index in [1.165, 1.54) is 37.4 Å². The van der Waals surface area contributed by atoms with E-state index in [1.54, 1.807) is 6.07 Å². The lowest BCUT2D eigenvalue weighted by molar-refractivity contribution is -0.138. The van der Waals surface area contributed by atoms with Gasteiger partial charge in [-0.05, 0) is 52.3 Å². The molecule has 0 amide bonds. The molecule has 0 saturated carbocycles. The Morgan fingerprint density at radius 3 is 2.33 bits per heavy atom. The summed E-state index contributed by atoms with van der Waals surface area (Å²) in [5.41, 5.74) is -0.239. The highest BCUT2D eigenvalue weighted by atomic mass is 79.9. The minimum absolute atomic E-state index is 0.0641. The molecule has 21 heavy (non-hydrogen) atoms. The van der Waals surface area contributed by atoms with Gasteiger partial charge in [-0.25, -0.2) is 4.39 Å². The predicted molar refractivity (Wildman–Crippen MR) is 76.4 cm³/mol. The van der Waals surface area contributed by atoms with E-state index in [1.807, 2.05) is 0 Å². The monoisotopic (exact) mass is 361 g/mol. The maximum absolute atomic E-state index is 13.6. The van der Waals surface area contributed by atoms with Gasteiger partial charge in [-0.15, -0.1) is 0 Å². The third-order valence-electron chi connectivity index (χ3n) is 3.14. The molecule has 0 aliphatic carbocycles. The molecule has 0 saturated heterocycles. The quantitative estimate of drug-likeness (QED) is 0.765. The minimum Gasteiger partial charge on any atom is -0.309 e. The summed E-state index contributed by atoms with van der Waals surface area (Å²) in [6.07, 6.45) is -4.46. The van der Waals surface area contributed by atoms with Crippen LogP contribution in [0.1, 0.15) is 22.7 Å². The molecule has 0 aliphatic heterocycles. The van der Waals surface area contributed by atoms with Crippen molar-refractivity contribution in [1.82, 2.24) is 5.32 Å². The third kappa shape index (κ3) is 3.44. The molecule has 0 fully saturated rings. The average molecular weight is 362 g/mol. The number of hydrogen-bond acceptors (Lipinski definition) is 1. The Morgan fingerprint density at radius 1 is 1.10 bits per heavy atom. The molecule has 0 aliphatic rings. The first-order valence-corrected chi connectivity index (χ1v) is 6.92. The van der Waals surface area contributed by atoms with Gasteiger partial charge >= 0.3 is 6.18 Å². The zero-order valence-electron chi connectivity index (χ0n) is 11.0. The van der Waals surface area contributed by atoms with E-state index in [0.29, 0.717) is 5.56 Å². The third-order valence-corrected chi connectivity index (χ3v) is 3.79. The Hall–Kier alpha value is -1.40. The van der Waals surface area contributed by atoms with Crippen molar-refractivity contribution in [3.8, 4) is 0 Å². The number of rotatable bonds is 3. The molecular formula is C15H12BrF4N. The van der Waals surface area contributed by atoms with Crippen LogP contribution >= 0.6 is 15.9 Å². The van der Waals surface area contributed by atoms with E-state index in [2.05, 4.69) is 21.2 Å².